The molecule has 164 valence electrons. The number of esters is 2. The molecule has 5 unspecified atom stereocenters. The van der Waals surface area contributed by atoms with Crippen LogP contribution in [0.15, 0.2) is 23.3 Å². The molecule has 0 aromatic carbocycles. The first kappa shape index (κ1) is 23.7. The van der Waals surface area contributed by atoms with Crippen molar-refractivity contribution in [1.29, 1.82) is 0 Å². The maximum Gasteiger partial charge on any atom is 0.302 e. The average molecular weight is 407 g/mol. The Bertz CT molecular complexity index is 689. The minimum Gasteiger partial charge on any atom is -0.462 e. The highest BCUT2D eigenvalue weighted by molar-refractivity contribution is 5.66. The van der Waals surface area contributed by atoms with Gasteiger partial charge in [-0.2, -0.15) is 0 Å². The first-order chi connectivity index (χ1) is 13.4. The van der Waals surface area contributed by atoms with Crippen LogP contribution in [0.2, 0.25) is 0 Å². The molecule has 5 atom stereocenters. The van der Waals surface area contributed by atoms with Gasteiger partial charge in [0.2, 0.25) is 0 Å². The summed E-state index contributed by atoms with van der Waals surface area (Å²) in [5, 5.41) is 11.2. The smallest absolute Gasteiger partial charge is 0.302 e. The lowest BCUT2D eigenvalue weighted by Gasteiger charge is -2.59. The number of allylic oxidation sites excluding steroid dienone is 1. The highest BCUT2D eigenvalue weighted by atomic mass is 16.5. The van der Waals surface area contributed by atoms with E-state index in [1.54, 1.807) is 0 Å². The van der Waals surface area contributed by atoms with Gasteiger partial charge >= 0.3 is 11.9 Å². The first-order valence-electron chi connectivity index (χ1n) is 10.7. The second kappa shape index (κ2) is 9.03. The van der Waals surface area contributed by atoms with Crippen LogP contribution in [0, 0.1) is 22.7 Å². The van der Waals surface area contributed by atoms with E-state index in [1.165, 1.54) is 19.4 Å². The van der Waals surface area contributed by atoms with E-state index in [0.29, 0.717) is 12.3 Å². The van der Waals surface area contributed by atoms with Crippen molar-refractivity contribution in [3.8, 4) is 0 Å². The number of hydrogen-bond acceptors (Lipinski definition) is 5. The summed E-state index contributed by atoms with van der Waals surface area (Å²) in [6.45, 7) is 13.9. The van der Waals surface area contributed by atoms with Crippen molar-refractivity contribution in [1.82, 2.24) is 0 Å². The van der Waals surface area contributed by atoms with Gasteiger partial charge in [0.15, 0.2) is 0 Å². The highest BCUT2D eigenvalue weighted by Gasteiger charge is 2.57. The second-order valence-corrected chi connectivity index (χ2v) is 9.80. The van der Waals surface area contributed by atoms with E-state index in [2.05, 4.69) is 33.8 Å². The zero-order valence-corrected chi connectivity index (χ0v) is 19.1. The van der Waals surface area contributed by atoms with Crippen LogP contribution in [0.3, 0.4) is 0 Å². The Kier molecular flexibility index (Phi) is 7.37. The topological polar surface area (TPSA) is 72.8 Å². The molecular weight excluding hydrogens is 368 g/mol. The van der Waals surface area contributed by atoms with E-state index in [1.807, 2.05) is 13.0 Å². The standard InChI is InChI=1S/C24H38O5/c1-15(11-13-28-17(3)25)14-19(27)22-16(2)8-9-20-23(5,6)21(29-18(4)26)10-12-24(20,22)7/h8,11,19-22,27H,9-10,12-14H2,1-7H3. The molecule has 5 heteroatoms. The molecule has 0 heterocycles. The molecule has 0 aliphatic heterocycles. The number of ether oxygens (including phenoxy) is 2. The number of carbonyl (C=O) groups excluding carboxylic acids is 2. The van der Waals surface area contributed by atoms with Gasteiger partial charge in [-0.25, -0.2) is 0 Å². The normalized spacial score (nSPS) is 32.6. The van der Waals surface area contributed by atoms with Gasteiger partial charge in [0.05, 0.1) is 6.10 Å². The van der Waals surface area contributed by atoms with E-state index >= 15 is 0 Å². The zero-order chi connectivity index (χ0) is 22.0. The highest BCUT2D eigenvalue weighted by Crippen LogP contribution is 2.61. The molecule has 0 saturated heterocycles. The number of aliphatic hydroxyl groups excluding tert-OH is 1. The Morgan fingerprint density at radius 3 is 2.48 bits per heavy atom. The molecule has 1 saturated carbocycles. The Labute approximate surface area is 175 Å². The molecule has 0 spiro atoms. The third kappa shape index (κ3) is 5.11. The summed E-state index contributed by atoms with van der Waals surface area (Å²) >= 11 is 0. The number of carbonyl (C=O) groups is 2. The maximum atomic E-state index is 11.6. The molecule has 2 aliphatic carbocycles. The second-order valence-electron chi connectivity index (χ2n) is 9.80. The molecule has 2 aliphatic rings. The first-order valence-corrected chi connectivity index (χ1v) is 10.7. The summed E-state index contributed by atoms with van der Waals surface area (Å²) in [5.41, 5.74) is 2.04. The predicted molar refractivity (Wildman–Crippen MR) is 113 cm³/mol. The van der Waals surface area contributed by atoms with E-state index in [-0.39, 0.29) is 41.4 Å². The van der Waals surface area contributed by atoms with Crippen LogP contribution < -0.4 is 0 Å². The van der Waals surface area contributed by atoms with Crippen LogP contribution >= 0.6 is 0 Å². The molecule has 0 aromatic rings. The van der Waals surface area contributed by atoms with E-state index in [9.17, 15) is 14.7 Å². The molecule has 29 heavy (non-hydrogen) atoms. The molecule has 0 radical (unpaired) electrons. The number of rotatable bonds is 6. The lowest BCUT2D eigenvalue weighted by atomic mass is 9.47. The lowest BCUT2D eigenvalue weighted by Crippen LogP contribution is -2.57. The molecule has 0 bridgehead atoms. The zero-order valence-electron chi connectivity index (χ0n) is 19.1. The van der Waals surface area contributed by atoms with Gasteiger partial charge in [-0.1, -0.05) is 38.0 Å². The summed E-state index contributed by atoms with van der Waals surface area (Å²) < 4.78 is 10.7. The van der Waals surface area contributed by atoms with Crippen LogP contribution in [0.5, 0.6) is 0 Å². The van der Waals surface area contributed by atoms with Crippen molar-refractivity contribution in [3.05, 3.63) is 23.3 Å². The maximum absolute atomic E-state index is 11.6. The number of fused-ring (bicyclic) bond motifs is 1. The number of hydrogen-bond donors (Lipinski definition) is 1. The average Bonchev–Trinajstić information content (AvgIpc) is 2.56. The van der Waals surface area contributed by atoms with Gasteiger partial charge in [0.25, 0.3) is 0 Å². The van der Waals surface area contributed by atoms with Crippen molar-refractivity contribution in [2.45, 2.75) is 86.4 Å². The fourth-order valence-electron chi connectivity index (χ4n) is 5.95. The fourth-order valence-corrected chi connectivity index (χ4v) is 5.95. The predicted octanol–water partition coefficient (Wildman–Crippen LogP) is 4.59. The summed E-state index contributed by atoms with van der Waals surface area (Å²) in [5.74, 6) is -0.153. The van der Waals surface area contributed by atoms with Crippen LogP contribution in [0.25, 0.3) is 0 Å². The third-order valence-corrected chi connectivity index (χ3v) is 7.29. The van der Waals surface area contributed by atoms with Crippen molar-refractivity contribution < 1.29 is 24.2 Å². The summed E-state index contributed by atoms with van der Waals surface area (Å²) in [7, 11) is 0. The molecule has 1 N–H and O–H groups in total. The Morgan fingerprint density at radius 2 is 1.90 bits per heavy atom. The van der Waals surface area contributed by atoms with Gasteiger partial charge in [-0.3, -0.25) is 9.59 Å². The summed E-state index contributed by atoms with van der Waals surface area (Å²) in [6, 6.07) is 0. The number of aliphatic hydroxyl groups is 1. The van der Waals surface area contributed by atoms with E-state index in [0.717, 1.165) is 24.8 Å². The van der Waals surface area contributed by atoms with Crippen LogP contribution in [0.1, 0.15) is 74.1 Å². The van der Waals surface area contributed by atoms with Crippen LogP contribution in [0.4, 0.5) is 0 Å². The van der Waals surface area contributed by atoms with Gasteiger partial charge < -0.3 is 14.6 Å². The lowest BCUT2D eigenvalue weighted by molar-refractivity contribution is -0.175. The molecule has 0 aromatic heterocycles. The molecule has 1 fully saturated rings. The van der Waals surface area contributed by atoms with Crippen molar-refractivity contribution in [3.63, 3.8) is 0 Å². The summed E-state index contributed by atoms with van der Waals surface area (Å²) in [4.78, 5) is 22.6. The van der Waals surface area contributed by atoms with E-state index < -0.39 is 6.10 Å². The SMILES string of the molecule is CC(=O)OCC=C(C)CC(O)C1C(C)=CCC2C(C)(C)C(OC(C)=O)CCC12C. The minimum absolute atomic E-state index is 0.0517. The Morgan fingerprint density at radius 1 is 1.24 bits per heavy atom. The van der Waals surface area contributed by atoms with Crippen molar-refractivity contribution >= 4 is 11.9 Å². The molecule has 5 nitrogen and oxygen atoms in total. The van der Waals surface area contributed by atoms with Gasteiger partial charge in [-0.15, -0.1) is 0 Å². The van der Waals surface area contributed by atoms with Crippen molar-refractivity contribution in [2.24, 2.45) is 22.7 Å². The summed E-state index contributed by atoms with van der Waals surface area (Å²) in [6.07, 6.45) is 6.76. The molecule has 2 rings (SSSR count). The largest absolute Gasteiger partial charge is 0.462 e. The van der Waals surface area contributed by atoms with E-state index in [4.69, 9.17) is 9.47 Å². The minimum atomic E-state index is -0.506. The Hall–Kier alpha value is -1.62. The van der Waals surface area contributed by atoms with Crippen LogP contribution in [-0.2, 0) is 19.1 Å². The van der Waals surface area contributed by atoms with Gasteiger partial charge in [0.1, 0.15) is 12.7 Å². The van der Waals surface area contributed by atoms with Gasteiger partial charge in [0, 0.05) is 25.2 Å². The van der Waals surface area contributed by atoms with Gasteiger partial charge in [-0.05, 0) is 56.9 Å². The monoisotopic (exact) mass is 406 g/mol. The third-order valence-electron chi connectivity index (χ3n) is 7.29. The molecule has 0 amide bonds. The van der Waals surface area contributed by atoms with Crippen LogP contribution in [-0.4, -0.2) is 35.9 Å². The fraction of sp³-hybridized carbons (Fsp3) is 0.750. The Balaban J connectivity index is 2.23. The quantitative estimate of drug-likeness (QED) is 0.516. The molecular formula is C24H38O5. The van der Waals surface area contributed by atoms with Crippen molar-refractivity contribution in [2.75, 3.05) is 6.61 Å².